The SMILES string of the molecule is CC(C)[C@H](c1nnnn1Cc1cccs1)N1CCN(c2cccc(Cl)c2)CC1. The van der Waals surface area contributed by atoms with E-state index in [9.17, 15) is 0 Å². The van der Waals surface area contributed by atoms with Crippen molar-refractivity contribution in [1.29, 1.82) is 0 Å². The maximum Gasteiger partial charge on any atom is 0.169 e. The van der Waals surface area contributed by atoms with Crippen molar-refractivity contribution >= 4 is 28.6 Å². The van der Waals surface area contributed by atoms with Crippen molar-refractivity contribution in [3.8, 4) is 0 Å². The molecule has 0 spiro atoms. The number of thiophene rings is 1. The third kappa shape index (κ3) is 4.21. The van der Waals surface area contributed by atoms with Gasteiger partial charge in [-0.05, 0) is 46.0 Å². The molecule has 0 N–H and O–H groups in total. The summed E-state index contributed by atoms with van der Waals surface area (Å²) in [6.45, 7) is 9.11. The van der Waals surface area contributed by atoms with Crippen LogP contribution in [0.3, 0.4) is 0 Å². The van der Waals surface area contributed by atoms with E-state index in [1.807, 2.05) is 22.9 Å². The third-order valence-corrected chi connectivity index (χ3v) is 6.32. The number of benzene rings is 1. The van der Waals surface area contributed by atoms with Gasteiger partial charge in [0.2, 0.25) is 0 Å². The molecule has 0 amide bonds. The molecule has 0 unspecified atom stereocenters. The van der Waals surface area contributed by atoms with Crippen LogP contribution in [0.2, 0.25) is 5.02 Å². The van der Waals surface area contributed by atoms with Crippen LogP contribution in [-0.2, 0) is 6.54 Å². The zero-order valence-corrected chi connectivity index (χ0v) is 17.8. The Morgan fingerprint density at radius 3 is 2.61 bits per heavy atom. The Morgan fingerprint density at radius 2 is 1.93 bits per heavy atom. The van der Waals surface area contributed by atoms with E-state index in [4.69, 9.17) is 11.6 Å². The number of aromatic nitrogens is 4. The van der Waals surface area contributed by atoms with Gasteiger partial charge < -0.3 is 4.90 Å². The fourth-order valence-corrected chi connectivity index (χ4v) is 4.77. The van der Waals surface area contributed by atoms with Gasteiger partial charge >= 0.3 is 0 Å². The van der Waals surface area contributed by atoms with Gasteiger partial charge in [0, 0.05) is 41.8 Å². The molecule has 1 aliphatic heterocycles. The summed E-state index contributed by atoms with van der Waals surface area (Å²) in [6, 6.07) is 12.5. The molecule has 1 fully saturated rings. The molecule has 3 heterocycles. The normalized spacial score (nSPS) is 16.6. The second-order valence-electron chi connectivity index (χ2n) is 7.47. The summed E-state index contributed by atoms with van der Waals surface area (Å²) in [5.74, 6) is 1.38. The van der Waals surface area contributed by atoms with Gasteiger partial charge in [-0.15, -0.1) is 16.4 Å². The van der Waals surface area contributed by atoms with Gasteiger partial charge in [0.15, 0.2) is 5.82 Å². The monoisotopic (exact) mass is 416 g/mol. The van der Waals surface area contributed by atoms with Crippen LogP contribution < -0.4 is 4.90 Å². The highest BCUT2D eigenvalue weighted by atomic mass is 35.5. The molecule has 1 aliphatic rings. The van der Waals surface area contributed by atoms with Gasteiger partial charge in [-0.2, -0.15) is 0 Å². The summed E-state index contributed by atoms with van der Waals surface area (Å²) in [7, 11) is 0. The Kier molecular flexibility index (Phi) is 5.94. The van der Waals surface area contributed by atoms with Crippen LogP contribution in [0, 0.1) is 5.92 Å². The second-order valence-corrected chi connectivity index (χ2v) is 8.93. The lowest BCUT2D eigenvalue weighted by Crippen LogP contribution is -2.49. The number of rotatable bonds is 6. The molecule has 6 nitrogen and oxygen atoms in total. The molecule has 148 valence electrons. The van der Waals surface area contributed by atoms with Crippen LogP contribution in [0.25, 0.3) is 0 Å². The minimum absolute atomic E-state index is 0.205. The molecule has 8 heteroatoms. The van der Waals surface area contributed by atoms with Gasteiger partial charge in [0.25, 0.3) is 0 Å². The lowest BCUT2D eigenvalue weighted by Gasteiger charge is -2.41. The maximum atomic E-state index is 6.17. The van der Waals surface area contributed by atoms with Crippen molar-refractivity contribution < 1.29 is 0 Å². The quantitative estimate of drug-likeness (QED) is 0.608. The Balaban J connectivity index is 1.49. The first-order chi connectivity index (χ1) is 13.6. The van der Waals surface area contributed by atoms with Crippen molar-refractivity contribution in [3.63, 3.8) is 0 Å². The Morgan fingerprint density at radius 1 is 1.11 bits per heavy atom. The zero-order valence-electron chi connectivity index (χ0n) is 16.2. The first kappa shape index (κ1) is 19.4. The second kappa shape index (κ2) is 8.59. The van der Waals surface area contributed by atoms with Crippen LogP contribution in [0.15, 0.2) is 41.8 Å². The van der Waals surface area contributed by atoms with Crippen LogP contribution in [0.4, 0.5) is 5.69 Å². The predicted octanol–water partition coefficient (Wildman–Crippen LogP) is 3.96. The molecule has 2 aromatic heterocycles. The molecule has 0 radical (unpaired) electrons. The maximum absolute atomic E-state index is 6.17. The van der Waals surface area contributed by atoms with Crippen molar-refractivity contribution in [1.82, 2.24) is 25.1 Å². The van der Waals surface area contributed by atoms with E-state index in [2.05, 4.69) is 62.8 Å². The number of nitrogens with zero attached hydrogens (tertiary/aromatic N) is 6. The average molecular weight is 417 g/mol. The highest BCUT2D eigenvalue weighted by Crippen LogP contribution is 2.30. The average Bonchev–Trinajstić information content (AvgIpc) is 3.35. The zero-order chi connectivity index (χ0) is 19.5. The molecule has 1 saturated heterocycles. The van der Waals surface area contributed by atoms with Crippen LogP contribution in [0.5, 0.6) is 0 Å². The third-order valence-electron chi connectivity index (χ3n) is 5.22. The van der Waals surface area contributed by atoms with E-state index in [0.29, 0.717) is 5.92 Å². The van der Waals surface area contributed by atoms with Gasteiger partial charge in [0.05, 0.1) is 12.6 Å². The van der Waals surface area contributed by atoms with Crippen molar-refractivity contribution in [2.24, 2.45) is 5.92 Å². The van der Waals surface area contributed by atoms with Gasteiger partial charge in [-0.25, -0.2) is 4.68 Å². The highest BCUT2D eigenvalue weighted by Gasteiger charge is 2.31. The molecule has 4 rings (SSSR count). The van der Waals surface area contributed by atoms with Gasteiger partial charge in [0.1, 0.15) is 0 Å². The lowest BCUT2D eigenvalue weighted by atomic mass is 10.0. The van der Waals surface area contributed by atoms with Crippen LogP contribution in [0.1, 0.15) is 30.6 Å². The molecule has 1 aromatic carbocycles. The largest absolute Gasteiger partial charge is 0.369 e. The predicted molar refractivity (Wildman–Crippen MR) is 114 cm³/mol. The minimum Gasteiger partial charge on any atom is -0.369 e. The summed E-state index contributed by atoms with van der Waals surface area (Å²) < 4.78 is 1.96. The fourth-order valence-electron chi connectivity index (χ4n) is 3.90. The summed E-state index contributed by atoms with van der Waals surface area (Å²) in [4.78, 5) is 6.18. The molecule has 3 aromatic rings. The summed E-state index contributed by atoms with van der Waals surface area (Å²) in [5.41, 5.74) is 1.19. The number of tetrazole rings is 1. The van der Waals surface area contributed by atoms with E-state index in [1.54, 1.807) is 11.3 Å². The van der Waals surface area contributed by atoms with E-state index in [-0.39, 0.29) is 6.04 Å². The molecule has 0 saturated carbocycles. The van der Waals surface area contributed by atoms with Crippen molar-refractivity contribution in [2.75, 3.05) is 31.1 Å². The summed E-state index contributed by atoms with van der Waals surface area (Å²) in [6.07, 6.45) is 0. The number of piperazine rings is 1. The first-order valence-electron chi connectivity index (χ1n) is 9.65. The van der Waals surface area contributed by atoms with Crippen molar-refractivity contribution in [3.05, 3.63) is 57.5 Å². The van der Waals surface area contributed by atoms with Crippen LogP contribution in [-0.4, -0.2) is 51.3 Å². The number of halogens is 1. The van der Waals surface area contributed by atoms with E-state index in [0.717, 1.165) is 43.6 Å². The molecule has 0 aliphatic carbocycles. The van der Waals surface area contributed by atoms with Crippen LogP contribution >= 0.6 is 22.9 Å². The fraction of sp³-hybridized carbons (Fsp3) is 0.450. The molecular formula is C20H25ClN6S. The lowest BCUT2D eigenvalue weighted by molar-refractivity contribution is 0.135. The highest BCUT2D eigenvalue weighted by molar-refractivity contribution is 7.09. The molecule has 0 bridgehead atoms. The minimum atomic E-state index is 0.205. The Bertz CT molecular complexity index is 886. The molecule has 28 heavy (non-hydrogen) atoms. The standard InChI is InChI=1S/C20H25ClN6S/c1-15(2)19(20-22-23-24-27(20)14-18-7-4-12-28-18)26-10-8-25(9-11-26)17-6-3-5-16(21)13-17/h3-7,12-13,15,19H,8-11,14H2,1-2H3/t19-/m1/s1. The van der Waals surface area contributed by atoms with E-state index in [1.165, 1.54) is 10.6 Å². The first-order valence-corrected chi connectivity index (χ1v) is 10.9. The van der Waals surface area contributed by atoms with Gasteiger partial charge in [-0.1, -0.05) is 37.6 Å². The smallest absolute Gasteiger partial charge is 0.169 e. The van der Waals surface area contributed by atoms with E-state index >= 15 is 0 Å². The number of hydrogen-bond donors (Lipinski definition) is 0. The summed E-state index contributed by atoms with van der Waals surface area (Å²) in [5, 5.41) is 15.6. The topological polar surface area (TPSA) is 50.1 Å². The van der Waals surface area contributed by atoms with Crippen molar-refractivity contribution in [2.45, 2.75) is 26.4 Å². The summed E-state index contributed by atoms with van der Waals surface area (Å²) >= 11 is 7.90. The molecule has 1 atom stereocenters. The number of anilines is 1. The Hall–Kier alpha value is -1.96. The molecular weight excluding hydrogens is 392 g/mol. The van der Waals surface area contributed by atoms with E-state index < -0.39 is 0 Å². The number of hydrogen-bond acceptors (Lipinski definition) is 6. The Labute approximate surface area is 174 Å². The van der Waals surface area contributed by atoms with Gasteiger partial charge in [-0.3, -0.25) is 4.90 Å².